The fourth-order valence-corrected chi connectivity index (χ4v) is 2.79. The number of carbonyl (C=O) groups excluding carboxylic acids is 1. The molecule has 1 amide bonds. The van der Waals surface area contributed by atoms with Crippen LogP contribution in [-0.2, 0) is 6.54 Å². The average molecular weight is 392 g/mol. The van der Waals surface area contributed by atoms with Crippen LogP contribution in [0.25, 0.3) is 0 Å². The molecule has 122 valence electrons. The smallest absolute Gasteiger partial charge is 0.259 e. The van der Waals surface area contributed by atoms with Crippen LogP contribution in [0, 0.1) is 11.6 Å². The van der Waals surface area contributed by atoms with Crippen LogP contribution >= 0.6 is 15.9 Å². The zero-order valence-electron chi connectivity index (χ0n) is 12.3. The van der Waals surface area contributed by atoms with Gasteiger partial charge < -0.3 is 9.88 Å². The minimum absolute atomic E-state index is 0.124. The molecule has 0 aliphatic rings. The largest absolute Gasteiger partial charge is 0.347 e. The highest BCUT2D eigenvalue weighted by Crippen LogP contribution is 2.25. The first-order valence-electron chi connectivity index (χ1n) is 7.05. The van der Waals surface area contributed by atoms with Crippen molar-refractivity contribution in [1.29, 1.82) is 0 Å². The number of amides is 1. The maximum absolute atomic E-state index is 13.6. The van der Waals surface area contributed by atoms with Crippen LogP contribution in [0.3, 0.4) is 0 Å². The van der Waals surface area contributed by atoms with E-state index in [9.17, 15) is 13.6 Å². The van der Waals surface area contributed by atoms with Gasteiger partial charge in [0.25, 0.3) is 5.91 Å². The number of H-pyrrole nitrogens is 1. The van der Waals surface area contributed by atoms with Gasteiger partial charge in [-0.1, -0.05) is 6.07 Å². The summed E-state index contributed by atoms with van der Waals surface area (Å²) >= 11 is 3.20. The molecule has 0 spiro atoms. The van der Waals surface area contributed by atoms with Crippen LogP contribution in [0.4, 0.5) is 14.5 Å². The fraction of sp³-hybridized carbons (Fsp3) is 0.0588. The minimum Gasteiger partial charge on any atom is -0.347 e. The number of hydrogen-bond donors (Lipinski definition) is 1. The standard InChI is InChI=1S/C17H12BrF2N3O/c18-15-9-12(20)4-5-14(15)17(24)23(10-16-21-6-7-22-16)13-3-1-2-11(19)8-13/h1-9H,10H2,(H,21,22). The second-order valence-corrected chi connectivity index (χ2v) is 5.89. The van der Waals surface area contributed by atoms with Gasteiger partial charge in [-0.2, -0.15) is 0 Å². The highest BCUT2D eigenvalue weighted by molar-refractivity contribution is 9.10. The third-order valence-electron chi connectivity index (χ3n) is 3.39. The maximum Gasteiger partial charge on any atom is 0.259 e. The number of nitrogens with one attached hydrogen (secondary N) is 1. The Bertz CT molecular complexity index is 868. The molecule has 2 aromatic carbocycles. The van der Waals surface area contributed by atoms with Crippen LogP contribution in [0.2, 0.25) is 0 Å². The Kier molecular flexibility index (Phi) is 4.71. The number of rotatable bonds is 4. The number of carbonyl (C=O) groups is 1. The highest BCUT2D eigenvalue weighted by Gasteiger charge is 2.22. The predicted octanol–water partition coefficient (Wildman–Crippen LogP) is 4.30. The summed E-state index contributed by atoms with van der Waals surface area (Å²) in [5.74, 6) is -0.764. The maximum atomic E-state index is 13.6. The molecule has 1 heterocycles. The molecule has 0 aliphatic heterocycles. The van der Waals surface area contributed by atoms with Crippen LogP contribution in [0.1, 0.15) is 16.2 Å². The lowest BCUT2D eigenvalue weighted by molar-refractivity contribution is 0.0983. The quantitative estimate of drug-likeness (QED) is 0.720. The molecular weight excluding hydrogens is 380 g/mol. The topological polar surface area (TPSA) is 49.0 Å². The Labute approximate surface area is 145 Å². The summed E-state index contributed by atoms with van der Waals surface area (Å²) in [6.07, 6.45) is 3.20. The normalized spacial score (nSPS) is 10.6. The first-order chi connectivity index (χ1) is 11.5. The number of imidazole rings is 1. The molecule has 7 heteroatoms. The molecule has 1 aromatic heterocycles. The number of halogens is 3. The summed E-state index contributed by atoms with van der Waals surface area (Å²) in [4.78, 5) is 21.3. The van der Waals surface area contributed by atoms with E-state index in [1.54, 1.807) is 18.5 Å². The van der Waals surface area contributed by atoms with E-state index < -0.39 is 17.5 Å². The van der Waals surface area contributed by atoms with E-state index in [1.807, 2.05) is 0 Å². The SMILES string of the molecule is O=C(c1ccc(F)cc1Br)N(Cc1ncc[nH]1)c1cccc(F)c1. The third kappa shape index (κ3) is 3.51. The summed E-state index contributed by atoms with van der Waals surface area (Å²) in [6, 6.07) is 9.51. The summed E-state index contributed by atoms with van der Waals surface area (Å²) in [5, 5.41) is 0. The fourth-order valence-electron chi connectivity index (χ4n) is 2.27. The van der Waals surface area contributed by atoms with Crippen molar-refractivity contribution in [2.75, 3.05) is 4.90 Å². The van der Waals surface area contributed by atoms with Crippen molar-refractivity contribution in [2.45, 2.75) is 6.54 Å². The van der Waals surface area contributed by atoms with Crippen molar-refractivity contribution >= 4 is 27.5 Å². The van der Waals surface area contributed by atoms with E-state index in [2.05, 4.69) is 25.9 Å². The van der Waals surface area contributed by atoms with Crippen molar-refractivity contribution in [2.24, 2.45) is 0 Å². The molecule has 0 bridgehead atoms. The Balaban J connectivity index is 2.01. The van der Waals surface area contributed by atoms with Gasteiger partial charge in [0.1, 0.15) is 17.5 Å². The van der Waals surface area contributed by atoms with Crippen molar-refractivity contribution < 1.29 is 13.6 Å². The van der Waals surface area contributed by atoms with Crippen molar-refractivity contribution in [3.63, 3.8) is 0 Å². The molecule has 24 heavy (non-hydrogen) atoms. The predicted molar refractivity (Wildman–Crippen MR) is 89.6 cm³/mol. The number of hydrogen-bond acceptors (Lipinski definition) is 2. The van der Waals surface area contributed by atoms with Gasteiger partial charge in [0.05, 0.1) is 12.1 Å². The molecule has 0 radical (unpaired) electrons. The molecule has 0 unspecified atom stereocenters. The Morgan fingerprint density at radius 1 is 1.17 bits per heavy atom. The Hall–Kier alpha value is -2.54. The van der Waals surface area contributed by atoms with Crippen LogP contribution in [0.5, 0.6) is 0 Å². The van der Waals surface area contributed by atoms with Gasteiger partial charge >= 0.3 is 0 Å². The zero-order valence-corrected chi connectivity index (χ0v) is 13.9. The average Bonchev–Trinajstić information content (AvgIpc) is 3.05. The van der Waals surface area contributed by atoms with E-state index in [-0.39, 0.29) is 12.1 Å². The number of aromatic nitrogens is 2. The van der Waals surface area contributed by atoms with Gasteiger partial charge in [-0.25, -0.2) is 13.8 Å². The molecule has 0 saturated carbocycles. The van der Waals surface area contributed by atoms with E-state index >= 15 is 0 Å². The lowest BCUT2D eigenvalue weighted by atomic mass is 10.1. The molecule has 0 aliphatic carbocycles. The second kappa shape index (κ2) is 6.92. The third-order valence-corrected chi connectivity index (χ3v) is 4.05. The molecule has 0 saturated heterocycles. The van der Waals surface area contributed by atoms with Gasteiger partial charge in [0.2, 0.25) is 0 Å². The monoisotopic (exact) mass is 391 g/mol. The number of nitrogens with zero attached hydrogens (tertiary/aromatic N) is 2. The zero-order chi connectivity index (χ0) is 17.1. The number of benzene rings is 2. The lowest BCUT2D eigenvalue weighted by Crippen LogP contribution is -2.31. The van der Waals surface area contributed by atoms with Crippen LogP contribution < -0.4 is 4.90 Å². The van der Waals surface area contributed by atoms with E-state index in [0.29, 0.717) is 16.0 Å². The van der Waals surface area contributed by atoms with Gasteiger partial charge in [-0.05, 0) is 52.3 Å². The van der Waals surface area contributed by atoms with Crippen molar-refractivity contribution in [3.05, 3.63) is 82.4 Å². The molecule has 1 N–H and O–H groups in total. The first kappa shape index (κ1) is 16.3. The summed E-state index contributed by atoms with van der Waals surface area (Å²) < 4.78 is 27.2. The molecule has 0 atom stereocenters. The summed E-state index contributed by atoms with van der Waals surface area (Å²) in [5.41, 5.74) is 0.653. The first-order valence-corrected chi connectivity index (χ1v) is 7.84. The van der Waals surface area contributed by atoms with Crippen LogP contribution in [-0.4, -0.2) is 15.9 Å². The minimum atomic E-state index is -0.457. The Morgan fingerprint density at radius 3 is 2.62 bits per heavy atom. The molecule has 4 nitrogen and oxygen atoms in total. The van der Waals surface area contributed by atoms with Gasteiger partial charge in [0.15, 0.2) is 0 Å². The molecular formula is C17H12BrF2N3O. The van der Waals surface area contributed by atoms with Crippen LogP contribution in [0.15, 0.2) is 59.3 Å². The summed E-state index contributed by atoms with van der Waals surface area (Å²) in [7, 11) is 0. The molecule has 0 fully saturated rings. The molecule has 3 rings (SSSR count). The highest BCUT2D eigenvalue weighted by atomic mass is 79.9. The van der Waals surface area contributed by atoms with Crippen molar-refractivity contribution in [1.82, 2.24) is 9.97 Å². The van der Waals surface area contributed by atoms with E-state index in [0.717, 1.165) is 0 Å². The molecule has 3 aromatic rings. The lowest BCUT2D eigenvalue weighted by Gasteiger charge is -2.22. The van der Waals surface area contributed by atoms with E-state index in [4.69, 9.17) is 0 Å². The Morgan fingerprint density at radius 2 is 1.96 bits per heavy atom. The van der Waals surface area contributed by atoms with Gasteiger partial charge in [-0.15, -0.1) is 0 Å². The van der Waals surface area contributed by atoms with Crippen molar-refractivity contribution in [3.8, 4) is 0 Å². The second-order valence-electron chi connectivity index (χ2n) is 5.03. The van der Waals surface area contributed by atoms with Gasteiger partial charge in [-0.3, -0.25) is 4.79 Å². The van der Waals surface area contributed by atoms with E-state index in [1.165, 1.54) is 41.3 Å². The van der Waals surface area contributed by atoms with Gasteiger partial charge in [0, 0.05) is 22.6 Å². The summed E-state index contributed by atoms with van der Waals surface area (Å²) in [6.45, 7) is 0.124. The number of aromatic amines is 1. The number of anilines is 1.